The average Bonchev–Trinajstić information content (AvgIpc) is 2.32. The monoisotopic (exact) mass is 167 g/mol. The molecule has 1 heterocycles. The lowest BCUT2D eigenvalue weighted by Gasteiger charge is -1.99. The first kappa shape index (κ1) is 8.77. The van der Waals surface area contributed by atoms with Gasteiger partial charge in [-0.3, -0.25) is 4.68 Å². The standard InChI is InChI=1S/C8H12N2O2/c1-3-4-6-5-7(8(11)12)10(2)9-6/h5H,3-4H2,1-2H3,(H,11,12)/p-1. The minimum Gasteiger partial charge on any atom is -0.543 e. The summed E-state index contributed by atoms with van der Waals surface area (Å²) in [5.74, 6) is -1.17. The van der Waals surface area contributed by atoms with E-state index < -0.39 is 5.97 Å². The van der Waals surface area contributed by atoms with Crippen molar-refractivity contribution in [1.82, 2.24) is 9.78 Å². The second kappa shape index (κ2) is 3.38. The van der Waals surface area contributed by atoms with Gasteiger partial charge in [0.25, 0.3) is 0 Å². The lowest BCUT2D eigenvalue weighted by Crippen LogP contribution is -2.24. The fourth-order valence-corrected chi connectivity index (χ4v) is 1.10. The summed E-state index contributed by atoms with van der Waals surface area (Å²) in [6.07, 6.45) is 1.77. The van der Waals surface area contributed by atoms with Crippen LogP contribution in [0, 0.1) is 0 Å². The topological polar surface area (TPSA) is 57.9 Å². The van der Waals surface area contributed by atoms with Crippen molar-refractivity contribution in [2.24, 2.45) is 7.05 Å². The Morgan fingerprint density at radius 2 is 2.42 bits per heavy atom. The lowest BCUT2D eigenvalue weighted by atomic mass is 10.2. The fourth-order valence-electron chi connectivity index (χ4n) is 1.10. The van der Waals surface area contributed by atoms with E-state index in [1.807, 2.05) is 6.92 Å². The first-order valence-electron chi connectivity index (χ1n) is 3.89. The summed E-state index contributed by atoms with van der Waals surface area (Å²) in [7, 11) is 1.60. The Labute approximate surface area is 70.8 Å². The van der Waals surface area contributed by atoms with Crippen molar-refractivity contribution in [2.45, 2.75) is 19.8 Å². The van der Waals surface area contributed by atoms with Crippen LogP contribution in [0.1, 0.15) is 29.5 Å². The Bertz CT molecular complexity index is 291. The highest BCUT2D eigenvalue weighted by Gasteiger charge is 2.03. The molecule has 0 aliphatic heterocycles. The van der Waals surface area contributed by atoms with Gasteiger partial charge in [0, 0.05) is 7.05 Å². The normalized spacial score (nSPS) is 10.2. The van der Waals surface area contributed by atoms with E-state index in [2.05, 4.69) is 5.10 Å². The van der Waals surface area contributed by atoms with E-state index in [1.165, 1.54) is 4.68 Å². The maximum absolute atomic E-state index is 10.5. The molecule has 66 valence electrons. The number of rotatable bonds is 3. The molecule has 0 spiro atoms. The summed E-state index contributed by atoms with van der Waals surface area (Å²) in [6, 6.07) is 1.55. The van der Waals surface area contributed by atoms with Gasteiger partial charge in [-0.2, -0.15) is 5.10 Å². The van der Waals surface area contributed by atoms with Crippen molar-refractivity contribution in [1.29, 1.82) is 0 Å². The molecule has 1 aromatic rings. The summed E-state index contributed by atoms with van der Waals surface area (Å²) in [5, 5.41) is 14.5. The van der Waals surface area contributed by atoms with Gasteiger partial charge in [0.1, 0.15) is 0 Å². The molecule has 0 saturated carbocycles. The highest BCUT2D eigenvalue weighted by Crippen LogP contribution is 2.03. The molecular formula is C8H11N2O2-. The maximum Gasteiger partial charge on any atom is 0.0896 e. The number of carbonyl (C=O) groups excluding carboxylic acids is 1. The van der Waals surface area contributed by atoms with E-state index in [9.17, 15) is 9.90 Å². The van der Waals surface area contributed by atoms with Crippen LogP contribution in [0.4, 0.5) is 0 Å². The molecule has 4 heteroatoms. The van der Waals surface area contributed by atoms with Crippen LogP contribution in [-0.4, -0.2) is 15.7 Å². The molecule has 1 aromatic heterocycles. The van der Waals surface area contributed by atoms with Gasteiger partial charge in [0.05, 0.1) is 17.4 Å². The van der Waals surface area contributed by atoms with Crippen molar-refractivity contribution in [2.75, 3.05) is 0 Å². The lowest BCUT2D eigenvalue weighted by molar-refractivity contribution is -0.255. The van der Waals surface area contributed by atoms with E-state index >= 15 is 0 Å². The molecule has 12 heavy (non-hydrogen) atoms. The molecule has 0 aliphatic rings. The largest absolute Gasteiger partial charge is 0.543 e. The predicted molar refractivity (Wildman–Crippen MR) is 41.5 cm³/mol. The summed E-state index contributed by atoms with van der Waals surface area (Å²) in [4.78, 5) is 10.5. The molecule has 0 radical (unpaired) electrons. The molecule has 0 aliphatic carbocycles. The van der Waals surface area contributed by atoms with E-state index in [4.69, 9.17) is 0 Å². The van der Waals surface area contributed by atoms with Gasteiger partial charge in [0.15, 0.2) is 0 Å². The zero-order chi connectivity index (χ0) is 9.14. The predicted octanol–water partition coefficient (Wildman–Crippen LogP) is -0.264. The van der Waals surface area contributed by atoms with Crippen LogP contribution in [0.15, 0.2) is 6.07 Å². The van der Waals surface area contributed by atoms with Gasteiger partial charge in [-0.15, -0.1) is 0 Å². The zero-order valence-electron chi connectivity index (χ0n) is 7.20. The Morgan fingerprint density at radius 1 is 1.75 bits per heavy atom. The van der Waals surface area contributed by atoms with Gasteiger partial charge in [0.2, 0.25) is 0 Å². The second-order valence-corrected chi connectivity index (χ2v) is 2.68. The van der Waals surface area contributed by atoms with Crippen LogP contribution >= 0.6 is 0 Å². The fraction of sp³-hybridized carbons (Fsp3) is 0.500. The Kier molecular flexibility index (Phi) is 2.47. The third-order valence-electron chi connectivity index (χ3n) is 1.65. The molecule has 0 unspecified atom stereocenters. The first-order chi connectivity index (χ1) is 5.65. The van der Waals surface area contributed by atoms with E-state index in [0.29, 0.717) is 0 Å². The molecule has 0 aromatic carbocycles. The minimum atomic E-state index is -1.17. The van der Waals surface area contributed by atoms with Crippen LogP contribution in [0.25, 0.3) is 0 Å². The highest BCUT2D eigenvalue weighted by atomic mass is 16.4. The molecule has 1 rings (SSSR count). The number of hydrogen-bond acceptors (Lipinski definition) is 3. The molecule has 0 bridgehead atoms. The van der Waals surface area contributed by atoms with Gasteiger partial charge in [-0.1, -0.05) is 13.3 Å². The highest BCUT2D eigenvalue weighted by molar-refractivity contribution is 5.83. The Balaban J connectivity index is 2.92. The number of aromatic nitrogens is 2. The molecule has 0 saturated heterocycles. The Morgan fingerprint density at radius 3 is 2.83 bits per heavy atom. The number of nitrogens with zero attached hydrogens (tertiary/aromatic N) is 2. The summed E-state index contributed by atoms with van der Waals surface area (Å²) in [5.41, 5.74) is 0.942. The molecular weight excluding hydrogens is 156 g/mol. The average molecular weight is 167 g/mol. The van der Waals surface area contributed by atoms with Gasteiger partial charge >= 0.3 is 0 Å². The van der Waals surface area contributed by atoms with Crippen LogP contribution in [0.2, 0.25) is 0 Å². The SMILES string of the molecule is CCCc1cc(C(=O)[O-])n(C)n1. The van der Waals surface area contributed by atoms with Crippen molar-refractivity contribution in [3.63, 3.8) is 0 Å². The molecule has 0 amide bonds. The van der Waals surface area contributed by atoms with Crippen LogP contribution in [0.5, 0.6) is 0 Å². The number of aromatic carboxylic acids is 1. The Hall–Kier alpha value is -1.32. The minimum absolute atomic E-state index is 0.137. The molecule has 0 atom stereocenters. The van der Waals surface area contributed by atoms with Crippen LogP contribution < -0.4 is 5.11 Å². The zero-order valence-corrected chi connectivity index (χ0v) is 7.20. The van der Waals surface area contributed by atoms with Crippen molar-refractivity contribution in [3.05, 3.63) is 17.5 Å². The van der Waals surface area contributed by atoms with Crippen molar-refractivity contribution >= 4 is 5.97 Å². The number of carboxylic acids is 1. The van der Waals surface area contributed by atoms with E-state index in [1.54, 1.807) is 13.1 Å². The van der Waals surface area contributed by atoms with Gasteiger partial charge in [-0.25, -0.2) is 0 Å². The summed E-state index contributed by atoms with van der Waals surface area (Å²) in [6.45, 7) is 2.02. The summed E-state index contributed by atoms with van der Waals surface area (Å²) < 4.78 is 1.33. The van der Waals surface area contributed by atoms with E-state index in [0.717, 1.165) is 18.5 Å². The second-order valence-electron chi connectivity index (χ2n) is 2.68. The number of aryl methyl sites for hydroxylation is 2. The first-order valence-corrected chi connectivity index (χ1v) is 3.89. The number of carbonyl (C=O) groups is 1. The molecule has 4 nitrogen and oxygen atoms in total. The quantitative estimate of drug-likeness (QED) is 0.623. The summed E-state index contributed by atoms with van der Waals surface area (Å²) >= 11 is 0. The molecule has 0 N–H and O–H groups in total. The number of carboxylic acid groups (broad SMARTS) is 1. The van der Waals surface area contributed by atoms with Crippen molar-refractivity contribution in [3.8, 4) is 0 Å². The number of hydrogen-bond donors (Lipinski definition) is 0. The molecule has 0 fully saturated rings. The van der Waals surface area contributed by atoms with E-state index in [-0.39, 0.29) is 5.69 Å². The van der Waals surface area contributed by atoms with Gasteiger partial charge < -0.3 is 9.90 Å². The maximum atomic E-state index is 10.5. The van der Waals surface area contributed by atoms with Gasteiger partial charge in [-0.05, 0) is 12.5 Å². The van der Waals surface area contributed by atoms with Crippen LogP contribution in [0.3, 0.4) is 0 Å². The third-order valence-corrected chi connectivity index (χ3v) is 1.65. The smallest absolute Gasteiger partial charge is 0.0896 e. The van der Waals surface area contributed by atoms with Crippen molar-refractivity contribution < 1.29 is 9.90 Å². The van der Waals surface area contributed by atoms with Crippen LogP contribution in [-0.2, 0) is 13.5 Å². The third kappa shape index (κ3) is 1.64.